The molecule has 10 heteroatoms. The first kappa shape index (κ1) is 24.4. The molecule has 2 aromatic rings. The molecule has 0 radical (unpaired) electrons. The highest BCUT2D eigenvalue weighted by atomic mass is 19.1. The number of fused-ring (bicyclic) bond motifs is 2. The van der Waals surface area contributed by atoms with Gasteiger partial charge in [-0.1, -0.05) is 19.9 Å². The van der Waals surface area contributed by atoms with Crippen molar-refractivity contribution in [2.24, 2.45) is 0 Å². The van der Waals surface area contributed by atoms with E-state index in [1.165, 1.54) is 28.8 Å². The fraction of sp³-hybridized carbons (Fsp3) is 0.435. The summed E-state index contributed by atoms with van der Waals surface area (Å²) in [5.74, 6) is -3.82. The van der Waals surface area contributed by atoms with Crippen molar-refractivity contribution in [3.63, 3.8) is 0 Å². The Kier molecular flexibility index (Phi) is 6.87. The van der Waals surface area contributed by atoms with Crippen LogP contribution in [0.2, 0.25) is 0 Å². The van der Waals surface area contributed by atoms with E-state index in [2.05, 4.69) is 5.32 Å². The minimum absolute atomic E-state index is 0.0314. The van der Waals surface area contributed by atoms with Crippen molar-refractivity contribution in [3.8, 4) is 5.75 Å². The molecule has 1 atom stereocenters. The molecule has 178 valence electrons. The molecule has 1 aromatic heterocycles. The fourth-order valence-electron chi connectivity index (χ4n) is 4.18. The summed E-state index contributed by atoms with van der Waals surface area (Å²) in [4.78, 5) is 39.7. The highest BCUT2D eigenvalue weighted by molar-refractivity contribution is 5.99. The number of carbonyl (C=O) groups is 2. The van der Waals surface area contributed by atoms with Gasteiger partial charge in [0.25, 0.3) is 11.8 Å². The highest BCUT2D eigenvalue weighted by Crippen LogP contribution is 2.52. The average molecular weight is 463 g/mol. The number of halogens is 2. The topological polar surface area (TPSA) is 101 Å². The van der Waals surface area contributed by atoms with Gasteiger partial charge in [0.1, 0.15) is 17.2 Å². The number of pyridine rings is 1. The Morgan fingerprint density at radius 3 is 2.48 bits per heavy atom. The van der Waals surface area contributed by atoms with Crippen LogP contribution in [0.4, 0.5) is 8.78 Å². The molecule has 33 heavy (non-hydrogen) atoms. The van der Waals surface area contributed by atoms with Crippen molar-refractivity contribution in [2.75, 3.05) is 13.7 Å². The number of likely N-dealkylation sites (N-methyl/N-ethyl adjacent to an activating group) is 1. The highest BCUT2D eigenvalue weighted by Gasteiger charge is 2.59. The third kappa shape index (κ3) is 3.99. The molecule has 2 heterocycles. The molecule has 1 aromatic carbocycles. The van der Waals surface area contributed by atoms with Crippen LogP contribution in [-0.4, -0.2) is 46.3 Å². The number of methoxy groups -OCH3 is 1. The van der Waals surface area contributed by atoms with E-state index in [9.17, 15) is 28.3 Å². The van der Waals surface area contributed by atoms with E-state index in [1.807, 2.05) is 13.8 Å². The molecule has 0 saturated heterocycles. The Hall–Kier alpha value is -3.27. The van der Waals surface area contributed by atoms with Crippen LogP contribution in [0.5, 0.6) is 5.75 Å². The Morgan fingerprint density at radius 2 is 1.94 bits per heavy atom. The smallest absolute Gasteiger partial charge is 0.276 e. The number of ether oxygens (including phenoxy) is 1. The molecular weight excluding hydrogens is 436 g/mol. The maximum atomic E-state index is 13.8. The standard InChI is InChI=1S/C21H21F2N3O5.C2H6/c1-3-25-19(30)15-17(28)16(27)13(10-26(15)21(6-7-21)20(25)31-2)18(29)24-9-11-4-5-12(22)8-14(11)23;1-2/h4-5,8,10,20,28H,3,6-7,9H2,1-2H3,(H,24,29);1-2H3. The van der Waals surface area contributed by atoms with Gasteiger partial charge in [0.05, 0.1) is 5.54 Å². The van der Waals surface area contributed by atoms with E-state index in [0.29, 0.717) is 25.5 Å². The minimum atomic E-state index is -1.00. The zero-order valence-electron chi connectivity index (χ0n) is 18.9. The maximum Gasteiger partial charge on any atom is 0.276 e. The molecule has 2 aliphatic rings. The molecule has 1 aliphatic heterocycles. The van der Waals surface area contributed by atoms with Crippen molar-refractivity contribution < 1.29 is 28.2 Å². The first-order chi connectivity index (χ1) is 15.7. The molecule has 1 fully saturated rings. The molecule has 0 bridgehead atoms. The van der Waals surface area contributed by atoms with Crippen molar-refractivity contribution in [2.45, 2.75) is 51.9 Å². The van der Waals surface area contributed by atoms with Gasteiger partial charge < -0.3 is 24.6 Å². The summed E-state index contributed by atoms with van der Waals surface area (Å²) in [7, 11) is 1.47. The molecule has 1 spiro atoms. The lowest BCUT2D eigenvalue weighted by atomic mass is 10.0. The van der Waals surface area contributed by atoms with Crippen molar-refractivity contribution in [3.05, 3.63) is 63.1 Å². The first-order valence-corrected chi connectivity index (χ1v) is 10.8. The molecule has 1 unspecified atom stereocenters. The van der Waals surface area contributed by atoms with Gasteiger partial charge in [-0.25, -0.2) is 8.78 Å². The second-order valence-electron chi connectivity index (χ2n) is 7.64. The summed E-state index contributed by atoms with van der Waals surface area (Å²) in [5.41, 5.74) is -2.22. The van der Waals surface area contributed by atoms with E-state index in [0.717, 1.165) is 6.07 Å². The van der Waals surface area contributed by atoms with Gasteiger partial charge in [-0.2, -0.15) is 0 Å². The summed E-state index contributed by atoms with van der Waals surface area (Å²) in [5, 5.41) is 12.9. The Labute approximate surface area is 189 Å². The lowest BCUT2D eigenvalue weighted by Crippen LogP contribution is -2.56. The second kappa shape index (κ2) is 9.30. The number of carbonyl (C=O) groups excluding carboxylic acids is 2. The third-order valence-corrected chi connectivity index (χ3v) is 5.89. The molecule has 8 nitrogen and oxygen atoms in total. The van der Waals surface area contributed by atoms with Gasteiger partial charge in [0.2, 0.25) is 5.43 Å². The number of benzene rings is 1. The van der Waals surface area contributed by atoms with Gasteiger partial charge in [0.15, 0.2) is 17.7 Å². The van der Waals surface area contributed by atoms with Crippen LogP contribution in [0.3, 0.4) is 0 Å². The van der Waals surface area contributed by atoms with Gasteiger partial charge in [-0.05, 0) is 25.8 Å². The van der Waals surface area contributed by atoms with Crippen LogP contribution in [0, 0.1) is 11.6 Å². The SMILES string of the molecule is CC.CCN1C(=O)c2c(O)c(=O)c(C(=O)NCc3ccc(F)cc3F)cn2C2(CC2)C1OC. The van der Waals surface area contributed by atoms with Crippen molar-refractivity contribution in [1.29, 1.82) is 0 Å². The number of hydrogen-bond donors (Lipinski definition) is 2. The van der Waals surface area contributed by atoms with Crippen LogP contribution in [0.25, 0.3) is 0 Å². The number of aromatic hydroxyl groups is 1. The predicted octanol–water partition coefficient (Wildman–Crippen LogP) is 2.73. The lowest BCUT2D eigenvalue weighted by molar-refractivity contribution is -0.0694. The first-order valence-electron chi connectivity index (χ1n) is 10.8. The number of hydrogen-bond acceptors (Lipinski definition) is 5. The minimum Gasteiger partial charge on any atom is -0.503 e. The van der Waals surface area contributed by atoms with E-state index >= 15 is 0 Å². The number of rotatable bonds is 5. The molecule has 2 N–H and O–H groups in total. The summed E-state index contributed by atoms with van der Waals surface area (Å²) in [6.45, 7) is 5.79. The summed E-state index contributed by atoms with van der Waals surface area (Å²) < 4.78 is 33.9. The van der Waals surface area contributed by atoms with E-state index in [1.54, 1.807) is 6.92 Å². The zero-order valence-corrected chi connectivity index (χ0v) is 18.9. The van der Waals surface area contributed by atoms with E-state index in [4.69, 9.17) is 4.74 Å². The third-order valence-electron chi connectivity index (χ3n) is 5.89. The Morgan fingerprint density at radius 1 is 1.27 bits per heavy atom. The largest absolute Gasteiger partial charge is 0.503 e. The number of aromatic nitrogens is 1. The lowest BCUT2D eigenvalue weighted by Gasteiger charge is -2.42. The molecule has 1 saturated carbocycles. The second-order valence-corrected chi connectivity index (χ2v) is 7.64. The van der Waals surface area contributed by atoms with Crippen LogP contribution in [0.15, 0.2) is 29.2 Å². The van der Waals surface area contributed by atoms with E-state index < -0.39 is 46.4 Å². The van der Waals surface area contributed by atoms with E-state index in [-0.39, 0.29) is 23.4 Å². The Bertz CT molecular complexity index is 1140. The summed E-state index contributed by atoms with van der Waals surface area (Å²) in [6, 6.07) is 2.92. The molecular formula is C23H27F2N3O5. The molecule has 2 amide bonds. The summed E-state index contributed by atoms with van der Waals surface area (Å²) in [6.07, 6.45) is 1.90. The quantitative estimate of drug-likeness (QED) is 0.710. The van der Waals surface area contributed by atoms with Crippen molar-refractivity contribution >= 4 is 11.8 Å². The molecule has 4 rings (SSSR count). The fourth-order valence-corrected chi connectivity index (χ4v) is 4.18. The van der Waals surface area contributed by atoms with Crippen LogP contribution in [0.1, 0.15) is 60.0 Å². The predicted molar refractivity (Wildman–Crippen MR) is 116 cm³/mol. The van der Waals surface area contributed by atoms with Crippen LogP contribution >= 0.6 is 0 Å². The van der Waals surface area contributed by atoms with Crippen LogP contribution < -0.4 is 10.7 Å². The number of amides is 2. The zero-order chi connectivity index (χ0) is 24.5. The normalized spacial score (nSPS) is 17.8. The van der Waals surface area contributed by atoms with Crippen LogP contribution in [-0.2, 0) is 16.8 Å². The number of nitrogens with zero attached hydrogens (tertiary/aromatic N) is 2. The van der Waals surface area contributed by atoms with Gasteiger partial charge in [0, 0.05) is 38.0 Å². The maximum absolute atomic E-state index is 13.8. The number of nitrogens with one attached hydrogen (secondary N) is 1. The van der Waals surface area contributed by atoms with Gasteiger partial charge in [-0.3, -0.25) is 14.4 Å². The Balaban J connectivity index is 0.00000149. The summed E-state index contributed by atoms with van der Waals surface area (Å²) >= 11 is 0. The average Bonchev–Trinajstić information content (AvgIpc) is 3.59. The van der Waals surface area contributed by atoms with Gasteiger partial charge >= 0.3 is 0 Å². The van der Waals surface area contributed by atoms with Gasteiger partial charge in [-0.15, -0.1) is 0 Å². The molecule has 1 aliphatic carbocycles. The van der Waals surface area contributed by atoms with Crippen molar-refractivity contribution in [1.82, 2.24) is 14.8 Å². The monoisotopic (exact) mass is 463 g/mol.